The molecule has 120 valence electrons. The van der Waals surface area contributed by atoms with E-state index in [4.69, 9.17) is 5.11 Å². The number of aliphatic carboxylic acids is 1. The van der Waals surface area contributed by atoms with E-state index >= 15 is 0 Å². The summed E-state index contributed by atoms with van der Waals surface area (Å²) in [5.41, 5.74) is -0.388. The van der Waals surface area contributed by atoms with Gasteiger partial charge < -0.3 is 15.3 Å². The van der Waals surface area contributed by atoms with Gasteiger partial charge in [0.05, 0.1) is 0 Å². The van der Waals surface area contributed by atoms with E-state index in [1.54, 1.807) is 20.8 Å². The summed E-state index contributed by atoms with van der Waals surface area (Å²) in [6.45, 7) is 5.76. The zero-order valence-electron chi connectivity index (χ0n) is 12.8. The van der Waals surface area contributed by atoms with E-state index < -0.39 is 23.3 Å². The third kappa shape index (κ3) is 3.44. The molecule has 0 radical (unpaired) electrons. The zero-order valence-corrected chi connectivity index (χ0v) is 13.6. The summed E-state index contributed by atoms with van der Waals surface area (Å²) in [7, 11) is 0. The fraction of sp³-hybridized carbons (Fsp3) is 0.571. The molecule has 7 nitrogen and oxygen atoms in total. The number of carbonyl (C=O) groups excluding carboxylic acids is 2. The minimum absolute atomic E-state index is 0.169. The molecular formula is C14H19N3O4S. The molecule has 1 aromatic rings. The van der Waals surface area contributed by atoms with Crippen molar-refractivity contribution in [1.82, 2.24) is 9.88 Å². The average Bonchev–Trinajstić information content (AvgIpc) is 3.05. The number of hydrogen-bond donors (Lipinski definition) is 2. The van der Waals surface area contributed by atoms with Gasteiger partial charge in [0.1, 0.15) is 11.7 Å². The lowest BCUT2D eigenvalue weighted by Gasteiger charge is -2.20. The molecule has 1 atom stereocenters. The summed E-state index contributed by atoms with van der Waals surface area (Å²) >= 11 is 1.15. The lowest BCUT2D eigenvalue weighted by molar-refractivity contribution is -0.141. The van der Waals surface area contributed by atoms with Gasteiger partial charge in [-0.05, 0) is 12.8 Å². The SMILES string of the molecule is CC(C)(C)C(=O)Nc1nc(C(=O)N2CCCC2C(=O)O)cs1. The first kappa shape index (κ1) is 16.4. The van der Waals surface area contributed by atoms with Crippen molar-refractivity contribution in [1.29, 1.82) is 0 Å². The number of nitrogens with one attached hydrogen (secondary N) is 1. The number of anilines is 1. The summed E-state index contributed by atoms with van der Waals surface area (Å²) in [5, 5.41) is 13.7. The van der Waals surface area contributed by atoms with Crippen LogP contribution in [0.1, 0.15) is 44.1 Å². The maximum absolute atomic E-state index is 12.4. The number of thiazole rings is 1. The van der Waals surface area contributed by atoms with Gasteiger partial charge in [-0.15, -0.1) is 11.3 Å². The maximum atomic E-state index is 12.4. The van der Waals surface area contributed by atoms with E-state index in [-0.39, 0.29) is 11.6 Å². The minimum atomic E-state index is -0.998. The second-order valence-electron chi connectivity index (χ2n) is 6.24. The Morgan fingerprint density at radius 2 is 2.09 bits per heavy atom. The molecule has 1 aliphatic rings. The van der Waals surface area contributed by atoms with Gasteiger partial charge in [-0.2, -0.15) is 0 Å². The normalized spacial score (nSPS) is 18.3. The van der Waals surface area contributed by atoms with Crippen molar-refractivity contribution >= 4 is 34.3 Å². The highest BCUT2D eigenvalue weighted by Gasteiger charge is 2.35. The molecule has 0 aliphatic carbocycles. The minimum Gasteiger partial charge on any atom is -0.480 e. The van der Waals surface area contributed by atoms with Crippen LogP contribution < -0.4 is 5.32 Å². The fourth-order valence-corrected chi connectivity index (χ4v) is 2.81. The van der Waals surface area contributed by atoms with Crippen LogP contribution in [0.25, 0.3) is 0 Å². The van der Waals surface area contributed by atoms with Crippen LogP contribution in [0, 0.1) is 5.41 Å². The number of carboxylic acids is 1. The largest absolute Gasteiger partial charge is 0.480 e. The lowest BCUT2D eigenvalue weighted by atomic mass is 9.96. The van der Waals surface area contributed by atoms with Crippen LogP contribution >= 0.6 is 11.3 Å². The van der Waals surface area contributed by atoms with Crippen LogP contribution in [0.3, 0.4) is 0 Å². The van der Waals surface area contributed by atoms with Gasteiger partial charge in [-0.3, -0.25) is 9.59 Å². The van der Waals surface area contributed by atoms with Gasteiger partial charge in [0.15, 0.2) is 5.13 Å². The van der Waals surface area contributed by atoms with Crippen LogP contribution in [-0.2, 0) is 9.59 Å². The smallest absolute Gasteiger partial charge is 0.326 e. The third-order valence-electron chi connectivity index (χ3n) is 3.42. The third-order valence-corrected chi connectivity index (χ3v) is 4.18. The summed E-state index contributed by atoms with van der Waals surface area (Å²) in [5.74, 6) is -1.59. The van der Waals surface area contributed by atoms with Crippen molar-refractivity contribution in [2.75, 3.05) is 11.9 Å². The number of aromatic nitrogens is 1. The second kappa shape index (κ2) is 6.04. The number of amides is 2. The molecule has 0 saturated carbocycles. The van der Waals surface area contributed by atoms with E-state index in [0.717, 1.165) is 11.3 Å². The number of hydrogen-bond acceptors (Lipinski definition) is 5. The van der Waals surface area contributed by atoms with Gasteiger partial charge in [-0.25, -0.2) is 9.78 Å². The summed E-state index contributed by atoms with van der Waals surface area (Å²) in [4.78, 5) is 40.8. The number of carboxylic acid groups (broad SMARTS) is 1. The monoisotopic (exact) mass is 325 g/mol. The molecule has 8 heteroatoms. The molecule has 0 aromatic carbocycles. The first-order valence-corrected chi connectivity index (χ1v) is 7.89. The Hall–Kier alpha value is -1.96. The van der Waals surface area contributed by atoms with Gasteiger partial charge in [0.25, 0.3) is 5.91 Å². The molecule has 0 spiro atoms. The maximum Gasteiger partial charge on any atom is 0.326 e. The number of nitrogens with zero attached hydrogens (tertiary/aromatic N) is 2. The van der Waals surface area contributed by atoms with Crippen molar-refractivity contribution < 1.29 is 19.5 Å². The Bertz CT molecular complexity index is 605. The molecule has 1 aliphatic heterocycles. The molecule has 2 N–H and O–H groups in total. The topological polar surface area (TPSA) is 99.6 Å². The average molecular weight is 325 g/mol. The van der Waals surface area contributed by atoms with Crippen LogP contribution in [-0.4, -0.2) is 45.4 Å². The van der Waals surface area contributed by atoms with Crippen LogP contribution in [0.4, 0.5) is 5.13 Å². The Balaban J connectivity index is 2.09. The van der Waals surface area contributed by atoms with Gasteiger partial charge in [-0.1, -0.05) is 20.8 Å². The summed E-state index contributed by atoms with van der Waals surface area (Å²) in [6, 6.07) is -0.790. The molecule has 1 aromatic heterocycles. The number of carbonyl (C=O) groups is 3. The van der Waals surface area contributed by atoms with Gasteiger partial charge in [0, 0.05) is 17.3 Å². The molecule has 0 bridgehead atoms. The Kier molecular flexibility index (Phi) is 4.50. The van der Waals surface area contributed by atoms with E-state index in [2.05, 4.69) is 10.3 Å². The predicted molar refractivity (Wildman–Crippen MR) is 81.9 cm³/mol. The number of rotatable bonds is 3. The highest BCUT2D eigenvalue weighted by atomic mass is 32.1. The standard InChI is InChI=1S/C14H19N3O4S/c1-14(2,3)12(21)16-13-15-8(7-22-13)10(18)17-6-4-5-9(17)11(19)20/h7,9H,4-6H2,1-3H3,(H,19,20)(H,15,16,21). The summed E-state index contributed by atoms with van der Waals surface area (Å²) in [6.07, 6.45) is 1.12. The van der Waals surface area contributed by atoms with E-state index in [1.165, 1.54) is 10.3 Å². The van der Waals surface area contributed by atoms with Crippen molar-refractivity contribution in [3.8, 4) is 0 Å². The number of likely N-dealkylation sites (tertiary alicyclic amines) is 1. The van der Waals surface area contributed by atoms with Crippen molar-refractivity contribution in [2.45, 2.75) is 39.7 Å². The van der Waals surface area contributed by atoms with Crippen LogP contribution in [0.5, 0.6) is 0 Å². The van der Waals surface area contributed by atoms with E-state index in [9.17, 15) is 14.4 Å². The summed E-state index contributed by atoms with van der Waals surface area (Å²) < 4.78 is 0. The Morgan fingerprint density at radius 3 is 2.68 bits per heavy atom. The molecule has 1 unspecified atom stereocenters. The van der Waals surface area contributed by atoms with Crippen molar-refractivity contribution in [3.05, 3.63) is 11.1 Å². The molecule has 2 amide bonds. The highest BCUT2D eigenvalue weighted by molar-refractivity contribution is 7.14. The fourth-order valence-electron chi connectivity index (χ4n) is 2.13. The molecular weight excluding hydrogens is 306 g/mol. The Morgan fingerprint density at radius 1 is 1.41 bits per heavy atom. The van der Waals surface area contributed by atoms with Crippen LogP contribution in [0.2, 0.25) is 0 Å². The quantitative estimate of drug-likeness (QED) is 0.883. The lowest BCUT2D eigenvalue weighted by Crippen LogP contribution is -2.40. The van der Waals surface area contributed by atoms with Crippen molar-refractivity contribution in [2.24, 2.45) is 5.41 Å². The molecule has 1 fully saturated rings. The zero-order chi connectivity index (χ0) is 16.5. The Labute approximate surface area is 132 Å². The molecule has 2 rings (SSSR count). The first-order valence-electron chi connectivity index (χ1n) is 7.01. The van der Waals surface area contributed by atoms with Crippen molar-refractivity contribution in [3.63, 3.8) is 0 Å². The van der Waals surface area contributed by atoms with E-state index in [0.29, 0.717) is 24.5 Å². The first-order chi connectivity index (χ1) is 10.2. The molecule has 2 heterocycles. The second-order valence-corrected chi connectivity index (χ2v) is 7.09. The molecule has 1 saturated heterocycles. The highest BCUT2D eigenvalue weighted by Crippen LogP contribution is 2.24. The van der Waals surface area contributed by atoms with Crippen LogP contribution in [0.15, 0.2) is 5.38 Å². The van der Waals surface area contributed by atoms with E-state index in [1.807, 2.05) is 0 Å². The molecule has 22 heavy (non-hydrogen) atoms. The van der Waals surface area contributed by atoms with Gasteiger partial charge >= 0.3 is 5.97 Å². The van der Waals surface area contributed by atoms with Gasteiger partial charge in [0.2, 0.25) is 5.91 Å². The predicted octanol–water partition coefficient (Wildman–Crippen LogP) is 1.82.